The fourth-order valence-corrected chi connectivity index (χ4v) is 3.85. The number of nitrogens with one attached hydrogen (secondary N) is 1. The van der Waals surface area contributed by atoms with Gasteiger partial charge >= 0.3 is 0 Å². The van der Waals surface area contributed by atoms with E-state index in [1.165, 1.54) is 51.3 Å². The van der Waals surface area contributed by atoms with E-state index in [0.29, 0.717) is 17.3 Å². The Morgan fingerprint density at radius 2 is 1.92 bits per heavy atom. The second kappa shape index (κ2) is 7.30. The SMILES string of the molecule is COc1ccc(NC(=O)c2cc(C)n(C3CCCCC3)c2C)cc1F. The lowest BCUT2D eigenvalue weighted by Gasteiger charge is -2.26. The second-order valence-corrected chi connectivity index (χ2v) is 6.75. The van der Waals surface area contributed by atoms with Crippen molar-refractivity contribution in [1.82, 2.24) is 4.57 Å². The van der Waals surface area contributed by atoms with Gasteiger partial charge < -0.3 is 14.6 Å². The number of aromatic nitrogens is 1. The second-order valence-electron chi connectivity index (χ2n) is 6.75. The molecule has 0 bridgehead atoms. The molecule has 25 heavy (non-hydrogen) atoms. The molecular weight excluding hydrogens is 319 g/mol. The van der Waals surface area contributed by atoms with Crippen LogP contribution >= 0.6 is 0 Å². The van der Waals surface area contributed by atoms with Crippen molar-refractivity contribution < 1.29 is 13.9 Å². The quantitative estimate of drug-likeness (QED) is 0.847. The van der Waals surface area contributed by atoms with Crippen LogP contribution in [0.1, 0.15) is 59.9 Å². The summed E-state index contributed by atoms with van der Waals surface area (Å²) in [6.07, 6.45) is 6.12. The van der Waals surface area contributed by atoms with E-state index in [2.05, 4.69) is 9.88 Å². The average Bonchev–Trinajstić information content (AvgIpc) is 2.90. The number of hydrogen-bond donors (Lipinski definition) is 1. The van der Waals surface area contributed by atoms with Crippen molar-refractivity contribution in [3.05, 3.63) is 47.0 Å². The van der Waals surface area contributed by atoms with Gasteiger partial charge in [0.05, 0.1) is 12.7 Å². The lowest BCUT2D eigenvalue weighted by Crippen LogP contribution is -2.17. The molecule has 0 saturated heterocycles. The zero-order chi connectivity index (χ0) is 18.0. The molecule has 0 spiro atoms. The standard InChI is InChI=1S/C20H25FN2O2/c1-13-11-17(14(2)23(13)16-7-5-4-6-8-16)20(24)22-15-9-10-19(25-3)18(21)12-15/h9-12,16H,4-8H2,1-3H3,(H,22,24). The Bertz CT molecular complexity index is 776. The summed E-state index contributed by atoms with van der Waals surface area (Å²) in [4.78, 5) is 12.7. The number of halogens is 1. The summed E-state index contributed by atoms with van der Waals surface area (Å²) in [5.41, 5.74) is 3.16. The molecule has 0 radical (unpaired) electrons. The Balaban J connectivity index is 1.81. The molecule has 1 fully saturated rings. The van der Waals surface area contributed by atoms with Crippen molar-refractivity contribution in [2.75, 3.05) is 12.4 Å². The highest BCUT2D eigenvalue weighted by molar-refractivity contribution is 6.05. The van der Waals surface area contributed by atoms with Gasteiger partial charge in [-0.1, -0.05) is 19.3 Å². The summed E-state index contributed by atoms with van der Waals surface area (Å²) in [6.45, 7) is 4.04. The molecule has 1 aromatic heterocycles. The summed E-state index contributed by atoms with van der Waals surface area (Å²) < 4.78 is 21.0. The molecule has 2 aromatic rings. The number of nitrogens with zero attached hydrogens (tertiary/aromatic N) is 1. The maximum atomic E-state index is 13.8. The van der Waals surface area contributed by atoms with Gasteiger partial charge in [-0.3, -0.25) is 4.79 Å². The molecule has 0 unspecified atom stereocenters. The minimum absolute atomic E-state index is 0.161. The van der Waals surface area contributed by atoms with Crippen LogP contribution in [0.4, 0.5) is 10.1 Å². The fraction of sp³-hybridized carbons (Fsp3) is 0.450. The largest absolute Gasteiger partial charge is 0.494 e. The summed E-state index contributed by atoms with van der Waals surface area (Å²) in [5.74, 6) is -0.541. The van der Waals surface area contributed by atoms with Crippen LogP contribution in [0.2, 0.25) is 0 Å². The first-order valence-electron chi connectivity index (χ1n) is 8.84. The number of hydrogen-bond acceptors (Lipinski definition) is 2. The van der Waals surface area contributed by atoms with Crippen LogP contribution in [-0.4, -0.2) is 17.6 Å². The lowest BCUT2D eigenvalue weighted by atomic mass is 9.95. The topological polar surface area (TPSA) is 43.3 Å². The van der Waals surface area contributed by atoms with E-state index in [9.17, 15) is 9.18 Å². The van der Waals surface area contributed by atoms with Crippen molar-refractivity contribution >= 4 is 11.6 Å². The van der Waals surface area contributed by atoms with Crippen LogP contribution in [0.15, 0.2) is 24.3 Å². The first-order chi connectivity index (χ1) is 12.0. The Labute approximate surface area is 148 Å². The van der Waals surface area contributed by atoms with E-state index in [1.54, 1.807) is 6.07 Å². The monoisotopic (exact) mass is 344 g/mol. The molecule has 1 aromatic carbocycles. The fourth-order valence-electron chi connectivity index (χ4n) is 3.85. The van der Waals surface area contributed by atoms with Gasteiger partial charge in [0.15, 0.2) is 11.6 Å². The summed E-state index contributed by atoms with van der Waals surface area (Å²) >= 11 is 0. The highest BCUT2D eigenvalue weighted by atomic mass is 19.1. The zero-order valence-corrected chi connectivity index (χ0v) is 15.1. The number of carbonyl (C=O) groups excluding carboxylic acids is 1. The number of carbonyl (C=O) groups is 1. The third-order valence-corrected chi connectivity index (χ3v) is 5.08. The number of aryl methyl sites for hydroxylation is 1. The highest BCUT2D eigenvalue weighted by Gasteiger charge is 2.22. The number of rotatable bonds is 4. The summed E-state index contributed by atoms with van der Waals surface area (Å²) in [5, 5.41) is 2.79. The Morgan fingerprint density at radius 1 is 1.20 bits per heavy atom. The molecule has 5 heteroatoms. The van der Waals surface area contributed by atoms with Gasteiger partial charge in [0.2, 0.25) is 0 Å². The van der Waals surface area contributed by atoms with E-state index in [1.807, 2.05) is 19.9 Å². The molecule has 1 amide bonds. The van der Waals surface area contributed by atoms with Gasteiger partial charge in [-0.05, 0) is 44.9 Å². The van der Waals surface area contributed by atoms with Crippen molar-refractivity contribution in [3.8, 4) is 5.75 Å². The molecule has 0 atom stereocenters. The van der Waals surface area contributed by atoms with Crippen molar-refractivity contribution in [3.63, 3.8) is 0 Å². The van der Waals surface area contributed by atoms with Gasteiger partial charge in [-0.2, -0.15) is 0 Å². The van der Waals surface area contributed by atoms with Crippen molar-refractivity contribution in [1.29, 1.82) is 0 Å². The van der Waals surface area contributed by atoms with Gasteiger partial charge in [0, 0.05) is 29.2 Å². The number of methoxy groups -OCH3 is 1. The highest BCUT2D eigenvalue weighted by Crippen LogP contribution is 2.32. The van der Waals surface area contributed by atoms with Crippen LogP contribution in [0.25, 0.3) is 0 Å². The van der Waals surface area contributed by atoms with Gasteiger partial charge in [-0.15, -0.1) is 0 Å². The minimum Gasteiger partial charge on any atom is -0.494 e. The molecular formula is C20H25FN2O2. The zero-order valence-electron chi connectivity index (χ0n) is 15.1. The molecule has 134 valence electrons. The number of benzene rings is 1. The first-order valence-corrected chi connectivity index (χ1v) is 8.84. The Morgan fingerprint density at radius 3 is 2.56 bits per heavy atom. The predicted molar refractivity (Wildman–Crippen MR) is 96.9 cm³/mol. The molecule has 1 aliphatic carbocycles. The predicted octanol–water partition coefficient (Wildman–Crippen LogP) is 5.01. The number of amides is 1. The van der Waals surface area contributed by atoms with Crippen LogP contribution in [-0.2, 0) is 0 Å². The van der Waals surface area contributed by atoms with Crippen LogP contribution in [0.5, 0.6) is 5.75 Å². The molecule has 4 nitrogen and oxygen atoms in total. The summed E-state index contributed by atoms with van der Waals surface area (Å²) in [7, 11) is 1.41. The molecule has 0 aliphatic heterocycles. The Kier molecular flexibility index (Phi) is 5.11. The van der Waals surface area contributed by atoms with Gasteiger partial charge in [0.25, 0.3) is 5.91 Å². The molecule has 3 rings (SSSR count). The third kappa shape index (κ3) is 3.55. The van der Waals surface area contributed by atoms with Crippen LogP contribution in [0.3, 0.4) is 0 Å². The van der Waals surface area contributed by atoms with E-state index in [0.717, 1.165) is 11.4 Å². The van der Waals surface area contributed by atoms with E-state index in [-0.39, 0.29) is 11.7 Å². The van der Waals surface area contributed by atoms with Crippen LogP contribution in [0, 0.1) is 19.7 Å². The van der Waals surface area contributed by atoms with E-state index < -0.39 is 5.82 Å². The number of anilines is 1. The maximum absolute atomic E-state index is 13.8. The smallest absolute Gasteiger partial charge is 0.257 e. The maximum Gasteiger partial charge on any atom is 0.257 e. The Hall–Kier alpha value is -2.30. The normalized spacial score (nSPS) is 15.2. The van der Waals surface area contributed by atoms with Crippen LogP contribution < -0.4 is 10.1 Å². The van der Waals surface area contributed by atoms with Gasteiger partial charge in [0.1, 0.15) is 0 Å². The minimum atomic E-state index is -0.493. The average molecular weight is 344 g/mol. The summed E-state index contributed by atoms with van der Waals surface area (Å²) in [6, 6.07) is 6.83. The van der Waals surface area contributed by atoms with E-state index in [4.69, 9.17) is 4.74 Å². The molecule has 1 saturated carbocycles. The van der Waals surface area contributed by atoms with Crippen molar-refractivity contribution in [2.45, 2.75) is 52.0 Å². The molecule has 1 heterocycles. The number of ether oxygens (including phenoxy) is 1. The van der Waals surface area contributed by atoms with Gasteiger partial charge in [-0.25, -0.2) is 4.39 Å². The molecule has 1 N–H and O–H groups in total. The third-order valence-electron chi connectivity index (χ3n) is 5.08. The van der Waals surface area contributed by atoms with E-state index >= 15 is 0 Å². The lowest BCUT2D eigenvalue weighted by molar-refractivity contribution is 0.102. The molecule has 1 aliphatic rings. The first kappa shape index (κ1) is 17.5. The van der Waals surface area contributed by atoms with Crippen molar-refractivity contribution in [2.24, 2.45) is 0 Å².